The Hall–Kier alpha value is -2.62. The van der Waals surface area contributed by atoms with E-state index in [1.165, 1.54) is 5.56 Å². The van der Waals surface area contributed by atoms with E-state index in [4.69, 9.17) is 4.74 Å². The molecule has 1 amide bonds. The molecule has 0 saturated heterocycles. The zero-order valence-corrected chi connectivity index (χ0v) is 14.8. The van der Waals surface area contributed by atoms with Crippen molar-refractivity contribution in [2.45, 2.75) is 45.3 Å². The highest BCUT2D eigenvalue weighted by atomic mass is 16.5. The average Bonchev–Trinajstić information content (AvgIpc) is 2.61. The Labute approximate surface area is 148 Å². The quantitative estimate of drug-likeness (QED) is 0.864. The van der Waals surface area contributed by atoms with Crippen molar-refractivity contribution in [3.8, 4) is 0 Å². The molecule has 0 saturated carbocycles. The molecule has 25 heavy (non-hydrogen) atoms. The van der Waals surface area contributed by atoms with E-state index in [2.05, 4.69) is 31.3 Å². The van der Waals surface area contributed by atoms with Crippen LogP contribution in [0.4, 0.5) is 0 Å². The van der Waals surface area contributed by atoms with Gasteiger partial charge in [0.25, 0.3) is 5.91 Å². The lowest BCUT2D eigenvalue weighted by Crippen LogP contribution is -2.42. The molecule has 2 unspecified atom stereocenters. The average molecular weight is 337 g/mol. The molecule has 1 heterocycles. The van der Waals surface area contributed by atoms with Crippen molar-refractivity contribution in [3.63, 3.8) is 0 Å². The number of fused-ring (bicyclic) bond motifs is 1. The molecule has 130 valence electrons. The topological polar surface area (TPSA) is 55.4 Å². The van der Waals surface area contributed by atoms with E-state index in [1.54, 1.807) is 12.1 Å². The Kier molecular flexibility index (Phi) is 4.88. The third-order valence-corrected chi connectivity index (χ3v) is 4.65. The molecular weight excluding hydrogens is 314 g/mol. The highest BCUT2D eigenvalue weighted by molar-refractivity contribution is 5.95. The minimum absolute atomic E-state index is 0.149. The highest BCUT2D eigenvalue weighted by Crippen LogP contribution is 2.22. The van der Waals surface area contributed by atoms with Crippen molar-refractivity contribution in [2.24, 2.45) is 0 Å². The van der Waals surface area contributed by atoms with E-state index in [1.807, 2.05) is 31.2 Å². The van der Waals surface area contributed by atoms with Gasteiger partial charge in [0, 0.05) is 6.42 Å². The number of hydrogen-bond donors (Lipinski definition) is 1. The highest BCUT2D eigenvalue weighted by Gasteiger charge is 2.31. The Bertz CT molecular complexity index is 780. The third-order valence-electron chi connectivity index (χ3n) is 4.65. The fourth-order valence-corrected chi connectivity index (χ4v) is 3.04. The number of esters is 1. The van der Waals surface area contributed by atoms with Crippen molar-refractivity contribution < 1.29 is 14.3 Å². The molecule has 0 bridgehead atoms. The van der Waals surface area contributed by atoms with Crippen LogP contribution < -0.4 is 5.32 Å². The smallest absolute Gasteiger partial charge is 0.339 e. The molecule has 4 nitrogen and oxygen atoms in total. The van der Waals surface area contributed by atoms with Crippen LogP contribution in [0.3, 0.4) is 0 Å². The molecule has 0 aromatic heterocycles. The second kappa shape index (κ2) is 7.09. The first-order valence-electron chi connectivity index (χ1n) is 8.65. The number of benzene rings is 2. The molecule has 1 N–H and O–H groups in total. The number of carbonyl (C=O) groups is 2. The maximum absolute atomic E-state index is 12.5. The van der Waals surface area contributed by atoms with Gasteiger partial charge >= 0.3 is 5.97 Å². The van der Waals surface area contributed by atoms with Crippen LogP contribution in [-0.2, 0) is 16.0 Å². The fraction of sp³-hybridized carbons (Fsp3) is 0.333. The molecule has 2 atom stereocenters. The Morgan fingerprint density at radius 2 is 1.68 bits per heavy atom. The van der Waals surface area contributed by atoms with E-state index >= 15 is 0 Å². The minimum atomic E-state index is -0.778. The maximum atomic E-state index is 12.5. The summed E-state index contributed by atoms with van der Waals surface area (Å²) in [5.74, 6) is -0.222. The molecule has 0 aliphatic carbocycles. The van der Waals surface area contributed by atoms with Crippen molar-refractivity contribution in [3.05, 3.63) is 70.8 Å². The lowest BCUT2D eigenvalue weighted by Gasteiger charge is -2.25. The van der Waals surface area contributed by atoms with Gasteiger partial charge in [0.05, 0.1) is 11.6 Å². The first-order valence-corrected chi connectivity index (χ1v) is 8.65. The number of carbonyl (C=O) groups excluding carboxylic acids is 2. The van der Waals surface area contributed by atoms with E-state index in [9.17, 15) is 9.59 Å². The van der Waals surface area contributed by atoms with Gasteiger partial charge in [-0.25, -0.2) is 4.79 Å². The summed E-state index contributed by atoms with van der Waals surface area (Å²) in [4.78, 5) is 24.6. The summed E-state index contributed by atoms with van der Waals surface area (Å²) in [7, 11) is 0. The van der Waals surface area contributed by atoms with Crippen LogP contribution in [0.1, 0.15) is 59.8 Å². The van der Waals surface area contributed by atoms with Crippen molar-refractivity contribution in [1.29, 1.82) is 0 Å². The molecule has 4 heteroatoms. The summed E-state index contributed by atoms with van der Waals surface area (Å²) in [6.45, 7) is 6.23. The predicted octanol–water partition coefficient (Wildman–Crippen LogP) is 3.77. The molecule has 3 rings (SSSR count). The van der Waals surface area contributed by atoms with Crippen LogP contribution >= 0.6 is 0 Å². The normalized spacial score (nSPS) is 17.6. The van der Waals surface area contributed by atoms with Crippen molar-refractivity contribution in [2.75, 3.05) is 0 Å². The lowest BCUT2D eigenvalue weighted by molar-refractivity contribution is -0.131. The van der Waals surface area contributed by atoms with Crippen molar-refractivity contribution in [1.82, 2.24) is 5.32 Å². The molecule has 0 radical (unpaired) electrons. The second-order valence-corrected chi connectivity index (χ2v) is 6.81. The van der Waals surface area contributed by atoms with E-state index in [0.29, 0.717) is 17.9 Å². The maximum Gasteiger partial charge on any atom is 0.339 e. The Balaban J connectivity index is 1.67. The molecule has 2 aromatic rings. The number of rotatable bonds is 4. The lowest BCUT2D eigenvalue weighted by atomic mass is 9.97. The van der Waals surface area contributed by atoms with Gasteiger partial charge < -0.3 is 10.1 Å². The summed E-state index contributed by atoms with van der Waals surface area (Å²) in [6.07, 6.45) is -0.368. The largest absolute Gasteiger partial charge is 0.448 e. The number of nitrogens with one attached hydrogen (secondary N) is 1. The fourth-order valence-electron chi connectivity index (χ4n) is 3.04. The van der Waals surface area contributed by atoms with Gasteiger partial charge in [0.1, 0.15) is 0 Å². The van der Waals surface area contributed by atoms with Crippen LogP contribution in [0.2, 0.25) is 0 Å². The van der Waals surface area contributed by atoms with E-state index < -0.39 is 12.1 Å². The summed E-state index contributed by atoms with van der Waals surface area (Å²) in [6, 6.07) is 15.3. The number of ether oxygens (including phenoxy) is 1. The Morgan fingerprint density at radius 3 is 2.36 bits per heavy atom. The van der Waals surface area contributed by atoms with E-state index in [0.717, 1.165) is 11.1 Å². The minimum Gasteiger partial charge on any atom is -0.448 e. The van der Waals surface area contributed by atoms with Gasteiger partial charge in [0.2, 0.25) is 0 Å². The predicted molar refractivity (Wildman–Crippen MR) is 96.4 cm³/mol. The van der Waals surface area contributed by atoms with Crippen LogP contribution in [0.25, 0.3) is 0 Å². The van der Waals surface area contributed by atoms with Gasteiger partial charge in [-0.3, -0.25) is 4.79 Å². The van der Waals surface area contributed by atoms with Crippen LogP contribution in [0, 0.1) is 0 Å². The van der Waals surface area contributed by atoms with Gasteiger partial charge in [-0.2, -0.15) is 0 Å². The summed E-state index contributed by atoms with van der Waals surface area (Å²) in [5.41, 5.74) is 3.69. The second-order valence-electron chi connectivity index (χ2n) is 6.81. The van der Waals surface area contributed by atoms with Crippen LogP contribution in [-0.4, -0.2) is 18.0 Å². The molecule has 0 fully saturated rings. The van der Waals surface area contributed by atoms with Gasteiger partial charge in [-0.05, 0) is 35.6 Å². The van der Waals surface area contributed by atoms with Gasteiger partial charge in [-0.15, -0.1) is 0 Å². The molecule has 0 spiro atoms. The molecule has 2 aromatic carbocycles. The first kappa shape index (κ1) is 17.2. The zero-order valence-electron chi connectivity index (χ0n) is 14.8. The number of amides is 1. The monoisotopic (exact) mass is 337 g/mol. The van der Waals surface area contributed by atoms with Gasteiger partial charge in [0.15, 0.2) is 6.10 Å². The standard InChI is InChI=1S/C21H23NO3/c1-13(2)15-8-10-16(11-9-15)14(3)22-20(23)19-12-17-6-4-5-7-18(17)21(24)25-19/h4-11,13-14,19H,12H2,1-3H3,(H,22,23). The molecule has 1 aliphatic rings. The summed E-state index contributed by atoms with van der Waals surface area (Å²) < 4.78 is 5.31. The number of hydrogen-bond acceptors (Lipinski definition) is 3. The van der Waals surface area contributed by atoms with Crippen LogP contribution in [0.15, 0.2) is 48.5 Å². The van der Waals surface area contributed by atoms with E-state index in [-0.39, 0.29) is 11.9 Å². The van der Waals surface area contributed by atoms with Gasteiger partial charge in [-0.1, -0.05) is 56.3 Å². The number of cyclic esters (lactones) is 1. The first-order chi connectivity index (χ1) is 12.0. The van der Waals surface area contributed by atoms with Crippen LogP contribution in [0.5, 0.6) is 0 Å². The van der Waals surface area contributed by atoms with Crippen molar-refractivity contribution >= 4 is 11.9 Å². The zero-order chi connectivity index (χ0) is 18.0. The molecular formula is C21H23NO3. The third kappa shape index (κ3) is 3.73. The molecule has 1 aliphatic heterocycles. The Morgan fingerprint density at radius 1 is 1.04 bits per heavy atom. The SMILES string of the molecule is CC(C)c1ccc(C(C)NC(=O)C2Cc3ccccc3C(=O)O2)cc1. The summed E-state index contributed by atoms with van der Waals surface area (Å²) >= 11 is 0. The summed E-state index contributed by atoms with van der Waals surface area (Å²) in [5, 5.41) is 2.95.